The third-order valence-corrected chi connectivity index (χ3v) is 5.99. The van der Waals surface area contributed by atoms with Crippen molar-refractivity contribution >= 4 is 21.5 Å². The molecule has 0 saturated heterocycles. The first kappa shape index (κ1) is 25.0. The molecule has 0 aromatic heterocycles. The van der Waals surface area contributed by atoms with E-state index in [1.165, 1.54) is 17.6 Å². The molecule has 0 aliphatic carbocycles. The molecule has 0 N–H and O–H groups in total. The molecule has 0 aliphatic heterocycles. The molecular weight excluding hydrogens is 498 g/mol. The Morgan fingerprint density at radius 1 is 0.579 bits per heavy atom. The van der Waals surface area contributed by atoms with Gasteiger partial charge in [-0.25, -0.2) is 13.2 Å². The zero-order valence-electron chi connectivity index (χ0n) is 19.8. The van der Waals surface area contributed by atoms with Gasteiger partial charge in [0.05, 0.1) is 10.9 Å². The van der Waals surface area contributed by atoms with E-state index in [1.54, 1.807) is 0 Å². The lowest BCUT2D eigenvalue weighted by molar-refractivity contribution is -0.0696. The van der Waals surface area contributed by atoms with E-state index in [1.807, 2.05) is 37.3 Å². The Kier molecular flexibility index (Phi) is 6.35. The van der Waals surface area contributed by atoms with Gasteiger partial charge in [-0.15, -0.1) is 0 Å². The highest BCUT2D eigenvalue weighted by atomic mass is 19.4. The van der Waals surface area contributed by atoms with E-state index in [2.05, 4.69) is 42.2 Å². The maximum absolute atomic E-state index is 14.7. The fraction of sp³-hybridized carbons (Fsp3) is 0.0625. The number of alkyl halides is 3. The number of hydrogen-bond acceptors (Lipinski definition) is 0. The lowest BCUT2D eigenvalue weighted by atomic mass is 9.99. The van der Waals surface area contributed by atoms with E-state index < -0.39 is 34.6 Å². The van der Waals surface area contributed by atoms with Gasteiger partial charge in [0.25, 0.3) is 0 Å². The van der Waals surface area contributed by atoms with Crippen LogP contribution >= 0.6 is 0 Å². The second-order valence-electron chi connectivity index (χ2n) is 8.74. The summed E-state index contributed by atoms with van der Waals surface area (Å²) < 4.78 is 80.8. The maximum atomic E-state index is 14.7. The van der Waals surface area contributed by atoms with Crippen LogP contribution in [-0.4, -0.2) is 6.18 Å². The van der Waals surface area contributed by atoms with Crippen LogP contribution in [0.1, 0.15) is 22.3 Å². The summed E-state index contributed by atoms with van der Waals surface area (Å²) in [6.45, 7) is 2.03. The Morgan fingerprint density at radius 2 is 1.21 bits per heavy atom. The molecule has 38 heavy (non-hydrogen) atoms. The molecule has 5 rings (SSSR count). The van der Waals surface area contributed by atoms with Crippen molar-refractivity contribution in [2.75, 3.05) is 0 Å². The number of hydrogen-bond donors (Lipinski definition) is 0. The smallest absolute Gasteiger partial charge is 0.206 e. The molecule has 0 radical (unpaired) electrons. The van der Waals surface area contributed by atoms with E-state index in [0.717, 1.165) is 40.0 Å². The van der Waals surface area contributed by atoms with Crippen LogP contribution in [0.25, 0.3) is 32.7 Å². The number of aryl methyl sites for hydroxylation is 1. The van der Waals surface area contributed by atoms with E-state index in [4.69, 9.17) is 0 Å². The van der Waals surface area contributed by atoms with E-state index in [-0.39, 0.29) is 10.9 Å². The second kappa shape index (κ2) is 9.65. The van der Waals surface area contributed by atoms with Crippen molar-refractivity contribution in [2.24, 2.45) is 0 Å². The van der Waals surface area contributed by atoms with Crippen molar-refractivity contribution in [3.05, 3.63) is 119 Å². The van der Waals surface area contributed by atoms with Gasteiger partial charge in [-0.05, 0) is 70.6 Å². The van der Waals surface area contributed by atoms with Gasteiger partial charge < -0.3 is 0 Å². The Morgan fingerprint density at radius 3 is 1.95 bits per heavy atom. The van der Waals surface area contributed by atoms with Gasteiger partial charge in [-0.1, -0.05) is 65.8 Å². The van der Waals surface area contributed by atoms with E-state index in [9.17, 15) is 26.3 Å². The third kappa shape index (κ3) is 5.21. The Hall–Kier alpha value is -4.68. The van der Waals surface area contributed by atoms with Crippen molar-refractivity contribution < 1.29 is 26.3 Å². The molecule has 0 heterocycles. The van der Waals surface area contributed by atoms with E-state index >= 15 is 0 Å². The van der Waals surface area contributed by atoms with Crippen molar-refractivity contribution in [2.45, 2.75) is 13.1 Å². The third-order valence-electron chi connectivity index (χ3n) is 5.99. The highest BCUT2D eigenvalue weighted by Gasteiger charge is 2.24. The van der Waals surface area contributed by atoms with Gasteiger partial charge in [0.2, 0.25) is 0 Å². The van der Waals surface area contributed by atoms with Gasteiger partial charge >= 0.3 is 6.18 Å². The molecule has 6 heteroatoms. The summed E-state index contributed by atoms with van der Waals surface area (Å²) in [5.41, 5.74) is 3.02. The Balaban J connectivity index is 1.47. The van der Waals surface area contributed by atoms with Crippen LogP contribution in [0.2, 0.25) is 0 Å². The van der Waals surface area contributed by atoms with Crippen LogP contribution in [0.3, 0.4) is 0 Å². The van der Waals surface area contributed by atoms with Gasteiger partial charge in [-0.3, -0.25) is 0 Å². The Labute approximate surface area is 214 Å². The molecular formula is C32H16F6. The largest absolute Gasteiger partial charge is 0.458 e. The second-order valence-corrected chi connectivity index (χ2v) is 8.74. The maximum Gasteiger partial charge on any atom is 0.458 e. The predicted molar refractivity (Wildman–Crippen MR) is 137 cm³/mol. The fourth-order valence-electron chi connectivity index (χ4n) is 4.13. The number of rotatable bonds is 1. The highest BCUT2D eigenvalue weighted by molar-refractivity contribution is 5.89. The molecule has 0 atom stereocenters. The summed E-state index contributed by atoms with van der Waals surface area (Å²) in [6.07, 6.45) is -4.95. The molecule has 5 aromatic carbocycles. The SMILES string of the molecule is Cc1ccc(-c2ccc3cc(C#Cc4cc(F)c5c(F)c(C#CC(F)(F)F)c(F)cc5c4)ccc3c2)cc1. The molecule has 0 aliphatic rings. The molecule has 0 saturated carbocycles. The molecule has 0 nitrogen and oxygen atoms in total. The standard InChI is InChI=1S/C32H16F6/c1-19-2-7-22(8-3-19)24-11-10-23-14-20(6-9-25(23)17-24)4-5-21-15-26-18-28(33)27(12-13-32(36,37)38)31(35)30(26)29(34)16-21/h2-3,6-11,14-18H,1H3. The van der Waals surface area contributed by atoms with Gasteiger partial charge in [0.1, 0.15) is 11.6 Å². The summed E-state index contributed by atoms with van der Waals surface area (Å²) in [5.74, 6) is 4.03. The normalized spacial score (nSPS) is 11.1. The first-order valence-electron chi connectivity index (χ1n) is 11.4. The van der Waals surface area contributed by atoms with Gasteiger partial charge in [0.15, 0.2) is 5.82 Å². The topological polar surface area (TPSA) is 0 Å². The lowest BCUT2D eigenvalue weighted by Crippen LogP contribution is -2.03. The van der Waals surface area contributed by atoms with Crippen LogP contribution in [0.15, 0.2) is 78.9 Å². The minimum absolute atomic E-state index is 0.151. The van der Waals surface area contributed by atoms with Gasteiger partial charge in [0, 0.05) is 17.0 Å². The summed E-state index contributed by atoms with van der Waals surface area (Å²) >= 11 is 0. The molecule has 0 amide bonds. The highest BCUT2D eigenvalue weighted by Crippen LogP contribution is 2.28. The van der Waals surface area contributed by atoms with Crippen LogP contribution in [-0.2, 0) is 0 Å². The number of fused-ring (bicyclic) bond motifs is 2. The lowest BCUT2D eigenvalue weighted by Gasteiger charge is -2.06. The summed E-state index contributed by atoms with van der Waals surface area (Å²) in [4.78, 5) is 0. The molecule has 0 fully saturated rings. The zero-order chi connectivity index (χ0) is 27.0. The molecule has 0 bridgehead atoms. The first-order valence-corrected chi connectivity index (χ1v) is 11.4. The molecule has 0 unspecified atom stereocenters. The monoisotopic (exact) mass is 514 g/mol. The van der Waals surface area contributed by atoms with Crippen molar-refractivity contribution in [3.63, 3.8) is 0 Å². The molecule has 0 spiro atoms. The predicted octanol–water partition coefficient (Wildman–Crippen LogP) is 8.70. The average Bonchev–Trinajstić information content (AvgIpc) is 2.86. The minimum atomic E-state index is -4.95. The van der Waals surface area contributed by atoms with Crippen LogP contribution < -0.4 is 0 Å². The van der Waals surface area contributed by atoms with Gasteiger partial charge in [-0.2, -0.15) is 13.2 Å². The van der Waals surface area contributed by atoms with Crippen molar-refractivity contribution in [1.29, 1.82) is 0 Å². The van der Waals surface area contributed by atoms with Crippen LogP contribution in [0.5, 0.6) is 0 Å². The Bertz CT molecular complexity index is 1840. The summed E-state index contributed by atoms with van der Waals surface area (Å²) in [7, 11) is 0. The number of benzene rings is 5. The number of halogens is 6. The minimum Gasteiger partial charge on any atom is -0.206 e. The average molecular weight is 514 g/mol. The van der Waals surface area contributed by atoms with Crippen LogP contribution in [0, 0.1) is 48.1 Å². The van der Waals surface area contributed by atoms with Crippen molar-refractivity contribution in [3.8, 4) is 34.8 Å². The van der Waals surface area contributed by atoms with Crippen LogP contribution in [0.4, 0.5) is 26.3 Å². The fourth-order valence-corrected chi connectivity index (χ4v) is 4.13. The first-order chi connectivity index (χ1) is 18.1. The molecule has 186 valence electrons. The quantitative estimate of drug-likeness (QED) is 0.155. The van der Waals surface area contributed by atoms with E-state index in [0.29, 0.717) is 5.56 Å². The zero-order valence-corrected chi connectivity index (χ0v) is 19.8. The molecule has 5 aromatic rings. The summed E-state index contributed by atoms with van der Waals surface area (Å²) in [5, 5.41) is 1.14. The van der Waals surface area contributed by atoms with Crippen molar-refractivity contribution in [1.82, 2.24) is 0 Å². The summed E-state index contributed by atoms with van der Waals surface area (Å²) in [6, 6.07) is 22.9.